The van der Waals surface area contributed by atoms with Crippen LogP contribution in [0.5, 0.6) is 0 Å². The number of nitrogens with one attached hydrogen (secondary N) is 1. The fourth-order valence-corrected chi connectivity index (χ4v) is 2.99. The normalized spacial score (nSPS) is 16.4. The second kappa shape index (κ2) is 8.72. The van der Waals surface area contributed by atoms with E-state index in [0.29, 0.717) is 24.5 Å². The van der Waals surface area contributed by atoms with Crippen molar-refractivity contribution in [3.05, 3.63) is 65.2 Å². The minimum atomic E-state index is -0.377. The molecule has 2 aromatic carbocycles. The third-order valence-electron chi connectivity index (χ3n) is 4.25. The summed E-state index contributed by atoms with van der Waals surface area (Å²) in [7, 11) is 0. The molecule has 2 amide bonds. The number of nitrogens with zero attached hydrogens (tertiary/aromatic N) is 1. The highest BCUT2D eigenvalue weighted by atomic mass is 35.5. The van der Waals surface area contributed by atoms with Crippen LogP contribution >= 0.6 is 11.6 Å². The van der Waals surface area contributed by atoms with Crippen LogP contribution < -0.4 is 10.2 Å². The van der Waals surface area contributed by atoms with Crippen molar-refractivity contribution >= 4 is 29.3 Å². The largest absolute Gasteiger partial charge is 0.442 e. The highest BCUT2D eigenvalue weighted by molar-refractivity contribution is 6.30. The summed E-state index contributed by atoms with van der Waals surface area (Å²) in [5, 5.41) is 3.56. The van der Waals surface area contributed by atoms with Crippen molar-refractivity contribution < 1.29 is 14.3 Å². The topological polar surface area (TPSA) is 58.6 Å². The Morgan fingerprint density at radius 3 is 2.62 bits per heavy atom. The summed E-state index contributed by atoms with van der Waals surface area (Å²) in [5.41, 5.74) is 1.96. The summed E-state index contributed by atoms with van der Waals surface area (Å²) in [6.45, 7) is 0.767. The Hall–Kier alpha value is -2.53. The standard InChI is InChI=1S/C20H21ClN2O3/c21-16-11-9-15(10-12-16)5-4-8-19(24)22-13-18-14-23(20(25)26-18)17-6-2-1-3-7-17/h1-3,6-7,9-12,18H,4-5,8,13-14H2,(H,22,24). The molecule has 3 rings (SSSR count). The van der Waals surface area contributed by atoms with Crippen molar-refractivity contribution in [1.29, 1.82) is 0 Å². The number of cyclic esters (lactones) is 1. The molecule has 1 unspecified atom stereocenters. The molecule has 1 heterocycles. The van der Waals surface area contributed by atoms with Crippen LogP contribution in [0.25, 0.3) is 0 Å². The van der Waals surface area contributed by atoms with Gasteiger partial charge in [-0.05, 0) is 42.7 Å². The van der Waals surface area contributed by atoms with E-state index in [1.807, 2.05) is 54.6 Å². The van der Waals surface area contributed by atoms with Gasteiger partial charge in [0.1, 0.15) is 6.10 Å². The fraction of sp³-hybridized carbons (Fsp3) is 0.300. The molecule has 0 spiro atoms. The van der Waals surface area contributed by atoms with Gasteiger partial charge in [0.2, 0.25) is 5.91 Å². The van der Waals surface area contributed by atoms with Gasteiger partial charge < -0.3 is 10.1 Å². The molecule has 5 nitrogen and oxygen atoms in total. The molecule has 0 radical (unpaired) electrons. The molecule has 1 saturated heterocycles. The van der Waals surface area contributed by atoms with Crippen LogP contribution in [-0.2, 0) is 16.0 Å². The molecule has 1 N–H and O–H groups in total. The van der Waals surface area contributed by atoms with E-state index in [4.69, 9.17) is 16.3 Å². The molecule has 0 bridgehead atoms. The lowest BCUT2D eigenvalue weighted by atomic mass is 10.1. The molecule has 26 heavy (non-hydrogen) atoms. The predicted octanol–water partition coefficient (Wildman–Crippen LogP) is 3.80. The summed E-state index contributed by atoms with van der Waals surface area (Å²) >= 11 is 5.86. The second-order valence-electron chi connectivity index (χ2n) is 6.24. The maximum atomic E-state index is 12.0. The molecule has 0 aromatic heterocycles. The molecule has 2 aromatic rings. The summed E-state index contributed by atoms with van der Waals surface area (Å²) in [6.07, 6.45) is 1.31. The average molecular weight is 373 g/mol. The van der Waals surface area contributed by atoms with Gasteiger partial charge in [-0.3, -0.25) is 9.69 Å². The minimum absolute atomic E-state index is 0.0341. The molecule has 1 fully saturated rings. The number of carbonyl (C=O) groups excluding carboxylic acids is 2. The number of hydrogen-bond donors (Lipinski definition) is 1. The molecule has 0 aliphatic carbocycles. The van der Waals surface area contributed by atoms with E-state index in [9.17, 15) is 9.59 Å². The Labute approximate surface area is 157 Å². The number of ether oxygens (including phenoxy) is 1. The molecule has 1 aliphatic heterocycles. The first-order valence-corrected chi connectivity index (χ1v) is 9.04. The number of aryl methyl sites for hydroxylation is 1. The number of amides is 2. The lowest BCUT2D eigenvalue weighted by Gasteiger charge is -2.12. The Morgan fingerprint density at radius 2 is 1.88 bits per heavy atom. The molecule has 0 saturated carbocycles. The Balaban J connectivity index is 1.38. The lowest BCUT2D eigenvalue weighted by molar-refractivity contribution is -0.121. The van der Waals surface area contributed by atoms with E-state index in [1.165, 1.54) is 0 Å². The van der Waals surface area contributed by atoms with Crippen LogP contribution in [0.4, 0.5) is 10.5 Å². The monoisotopic (exact) mass is 372 g/mol. The number of hydrogen-bond acceptors (Lipinski definition) is 3. The molecule has 1 aliphatic rings. The van der Waals surface area contributed by atoms with Gasteiger partial charge in [0.25, 0.3) is 0 Å². The van der Waals surface area contributed by atoms with Crippen molar-refractivity contribution in [1.82, 2.24) is 5.32 Å². The van der Waals surface area contributed by atoms with E-state index >= 15 is 0 Å². The third kappa shape index (κ3) is 4.99. The van der Waals surface area contributed by atoms with Crippen molar-refractivity contribution in [2.75, 3.05) is 18.0 Å². The summed E-state index contributed by atoms with van der Waals surface area (Å²) in [5.74, 6) is -0.0341. The number of para-hydroxylation sites is 1. The van der Waals surface area contributed by atoms with E-state index in [-0.39, 0.29) is 18.1 Å². The average Bonchev–Trinajstić information content (AvgIpc) is 3.03. The lowest BCUT2D eigenvalue weighted by Crippen LogP contribution is -2.34. The zero-order valence-electron chi connectivity index (χ0n) is 14.4. The first-order chi connectivity index (χ1) is 12.6. The molecule has 6 heteroatoms. The number of carbonyl (C=O) groups is 2. The second-order valence-corrected chi connectivity index (χ2v) is 6.67. The van der Waals surface area contributed by atoms with Gasteiger partial charge in [0, 0.05) is 17.1 Å². The SMILES string of the molecule is O=C(CCCc1ccc(Cl)cc1)NCC1CN(c2ccccc2)C(=O)O1. The van der Waals surface area contributed by atoms with Gasteiger partial charge in [-0.1, -0.05) is 41.9 Å². The number of halogens is 1. The smallest absolute Gasteiger partial charge is 0.414 e. The van der Waals surface area contributed by atoms with E-state index in [2.05, 4.69) is 5.32 Å². The molecule has 1 atom stereocenters. The quantitative estimate of drug-likeness (QED) is 0.804. The van der Waals surface area contributed by atoms with Gasteiger partial charge in [0.15, 0.2) is 0 Å². The number of anilines is 1. The van der Waals surface area contributed by atoms with E-state index in [1.54, 1.807) is 4.90 Å². The summed E-state index contributed by atoms with van der Waals surface area (Å²) in [4.78, 5) is 25.5. The van der Waals surface area contributed by atoms with Crippen LogP contribution in [0, 0.1) is 0 Å². The van der Waals surface area contributed by atoms with E-state index in [0.717, 1.165) is 24.1 Å². The van der Waals surface area contributed by atoms with Crippen molar-refractivity contribution in [2.45, 2.75) is 25.4 Å². The first kappa shape index (κ1) is 18.3. The molecular weight excluding hydrogens is 352 g/mol. The van der Waals surface area contributed by atoms with Gasteiger partial charge in [0.05, 0.1) is 13.1 Å². The maximum Gasteiger partial charge on any atom is 0.414 e. The highest BCUT2D eigenvalue weighted by Gasteiger charge is 2.32. The van der Waals surface area contributed by atoms with Gasteiger partial charge in [-0.2, -0.15) is 0 Å². The van der Waals surface area contributed by atoms with Gasteiger partial charge >= 0.3 is 6.09 Å². The predicted molar refractivity (Wildman–Crippen MR) is 101 cm³/mol. The fourth-order valence-electron chi connectivity index (χ4n) is 2.87. The Bertz CT molecular complexity index is 749. The Kier molecular flexibility index (Phi) is 6.12. The van der Waals surface area contributed by atoms with Crippen molar-refractivity contribution in [3.8, 4) is 0 Å². The summed E-state index contributed by atoms with van der Waals surface area (Å²) < 4.78 is 5.32. The summed E-state index contributed by atoms with van der Waals surface area (Å²) in [6, 6.07) is 17.0. The molecular formula is C20H21ClN2O3. The van der Waals surface area contributed by atoms with Gasteiger partial charge in [-0.15, -0.1) is 0 Å². The van der Waals surface area contributed by atoms with Crippen LogP contribution in [0.3, 0.4) is 0 Å². The first-order valence-electron chi connectivity index (χ1n) is 8.66. The van der Waals surface area contributed by atoms with Crippen molar-refractivity contribution in [2.24, 2.45) is 0 Å². The van der Waals surface area contributed by atoms with Crippen LogP contribution in [-0.4, -0.2) is 31.2 Å². The maximum absolute atomic E-state index is 12.0. The zero-order valence-corrected chi connectivity index (χ0v) is 15.1. The zero-order chi connectivity index (χ0) is 18.4. The third-order valence-corrected chi connectivity index (χ3v) is 4.50. The van der Waals surface area contributed by atoms with Crippen LogP contribution in [0.2, 0.25) is 5.02 Å². The van der Waals surface area contributed by atoms with Crippen molar-refractivity contribution in [3.63, 3.8) is 0 Å². The number of rotatable bonds is 7. The highest BCUT2D eigenvalue weighted by Crippen LogP contribution is 2.20. The number of benzene rings is 2. The van der Waals surface area contributed by atoms with Crippen LogP contribution in [0.15, 0.2) is 54.6 Å². The van der Waals surface area contributed by atoms with E-state index < -0.39 is 0 Å². The Morgan fingerprint density at radius 1 is 1.15 bits per heavy atom. The van der Waals surface area contributed by atoms with Gasteiger partial charge in [-0.25, -0.2) is 4.79 Å². The molecule has 136 valence electrons. The van der Waals surface area contributed by atoms with Crippen LogP contribution in [0.1, 0.15) is 18.4 Å². The minimum Gasteiger partial charge on any atom is -0.442 e.